The van der Waals surface area contributed by atoms with Crippen molar-refractivity contribution in [1.29, 1.82) is 5.26 Å². The number of nitrogens with zero attached hydrogens (tertiary/aromatic N) is 1. The zero-order valence-electron chi connectivity index (χ0n) is 9.28. The molecule has 0 heterocycles. The van der Waals surface area contributed by atoms with Gasteiger partial charge in [0.1, 0.15) is 13.3 Å². The fourth-order valence-electron chi connectivity index (χ4n) is 0.193. The third-order valence-electron chi connectivity index (χ3n) is 0.687. The van der Waals surface area contributed by atoms with Crippen molar-refractivity contribution in [3.8, 4) is 6.57 Å². The third-order valence-corrected chi connectivity index (χ3v) is 0.687. The molecule has 0 saturated heterocycles. The lowest BCUT2D eigenvalue weighted by atomic mass is 10.3. The van der Waals surface area contributed by atoms with Crippen molar-refractivity contribution in [3.05, 3.63) is 0 Å². The van der Waals surface area contributed by atoms with E-state index in [4.69, 9.17) is 5.26 Å². The van der Waals surface area contributed by atoms with Crippen molar-refractivity contribution < 1.29 is 52.1 Å². The molecule has 0 aliphatic carbocycles. The minimum atomic E-state index is -6.00. The van der Waals surface area contributed by atoms with Crippen LogP contribution in [0.3, 0.4) is 0 Å². The largest absolute Gasteiger partial charge is 0.673 e. The normalized spacial score (nSPS) is 13.3. The van der Waals surface area contributed by atoms with Crippen molar-refractivity contribution in [3.63, 3.8) is 0 Å². The third kappa shape index (κ3) is 90.9. The highest BCUT2D eigenvalue weighted by molar-refractivity contribution is 6.50. The zero-order valence-corrected chi connectivity index (χ0v) is 9.28. The van der Waals surface area contributed by atoms with Crippen LogP contribution in [0.5, 0.6) is 0 Å². The Bertz CT molecular complexity index is 182. The predicted octanol–water partition coefficient (Wildman–Crippen LogP) is 4.34. The molecule has 0 aromatic rings. The molecule has 2 unspecified atom stereocenters. The summed E-state index contributed by atoms with van der Waals surface area (Å²) in [5.41, 5.74) is 0. The Balaban J connectivity index is -0.0000000938. The van der Waals surface area contributed by atoms with Crippen LogP contribution in [-0.2, 0) is 0 Å². The van der Waals surface area contributed by atoms with E-state index in [0.29, 0.717) is 0 Å². The van der Waals surface area contributed by atoms with Crippen LogP contribution in [0.4, 0.5) is 52.1 Å². The molecule has 124 valence electrons. The summed E-state index contributed by atoms with van der Waals surface area (Å²) in [7, 11) is -12.0. The van der Waals surface area contributed by atoms with Crippen LogP contribution >= 0.6 is 0 Å². The van der Waals surface area contributed by atoms with Gasteiger partial charge in [0.15, 0.2) is 12.3 Å². The highest BCUT2D eigenvalue weighted by Crippen LogP contribution is 2.07. The minimum Gasteiger partial charge on any atom is -0.418 e. The van der Waals surface area contributed by atoms with Crippen LogP contribution in [0.15, 0.2) is 0 Å². The molecule has 2 atom stereocenters. The van der Waals surface area contributed by atoms with Gasteiger partial charge in [0.2, 0.25) is 0 Å². The summed E-state index contributed by atoms with van der Waals surface area (Å²) in [6, 6.07) is 0. The molecule has 0 N–H and O–H groups in total. The van der Waals surface area contributed by atoms with Gasteiger partial charge in [-0.05, 0) is 0 Å². The summed E-state index contributed by atoms with van der Waals surface area (Å²) in [5.74, 6) is 0. The summed E-state index contributed by atoms with van der Waals surface area (Å²) in [4.78, 5) is 0. The number of halogens is 12. The average Bonchev–Trinajstić information content (AvgIpc) is 2.25. The number of rotatable bonds is 3. The SMILES string of the molecule is C#N.FCC(F)C(F)CF.F[B-](F)(F)F.F[B-](F)(F)F. The lowest BCUT2D eigenvalue weighted by Gasteiger charge is -2.03. The smallest absolute Gasteiger partial charge is 0.418 e. The van der Waals surface area contributed by atoms with Gasteiger partial charge in [0, 0.05) is 6.57 Å². The molecule has 15 heteroatoms. The Morgan fingerprint density at radius 3 is 0.800 bits per heavy atom. The van der Waals surface area contributed by atoms with E-state index in [1.54, 1.807) is 0 Å². The van der Waals surface area contributed by atoms with Crippen molar-refractivity contribution in [2.24, 2.45) is 0 Å². The van der Waals surface area contributed by atoms with E-state index >= 15 is 0 Å². The van der Waals surface area contributed by atoms with Crippen molar-refractivity contribution >= 4 is 14.5 Å². The zero-order chi connectivity index (χ0) is 17.6. The van der Waals surface area contributed by atoms with E-state index in [0.717, 1.165) is 0 Å². The molecule has 1 nitrogen and oxygen atoms in total. The van der Waals surface area contributed by atoms with Crippen molar-refractivity contribution in [2.45, 2.75) is 12.3 Å². The molecule has 0 bridgehead atoms. The molecule has 0 saturated carbocycles. The Morgan fingerprint density at radius 1 is 0.650 bits per heavy atom. The van der Waals surface area contributed by atoms with Gasteiger partial charge < -0.3 is 34.5 Å². The van der Waals surface area contributed by atoms with Gasteiger partial charge in [-0.25, -0.2) is 22.8 Å². The van der Waals surface area contributed by atoms with Crippen molar-refractivity contribution in [2.75, 3.05) is 13.3 Å². The molecule has 0 aliphatic heterocycles. The topological polar surface area (TPSA) is 23.8 Å². The van der Waals surface area contributed by atoms with Gasteiger partial charge in [-0.15, -0.1) is 0 Å². The second-order valence-corrected chi connectivity index (χ2v) is 2.33. The quantitative estimate of drug-likeness (QED) is 0.558. The first-order chi connectivity index (χ1) is 8.72. The first-order valence-electron chi connectivity index (χ1n) is 4.12. The molecular formula is C5H7B2F12N-2. The van der Waals surface area contributed by atoms with E-state index in [1.807, 2.05) is 0 Å². The first-order valence-corrected chi connectivity index (χ1v) is 4.12. The Labute approximate surface area is 105 Å². The van der Waals surface area contributed by atoms with E-state index < -0.39 is 40.2 Å². The summed E-state index contributed by atoms with van der Waals surface area (Å²) in [5, 5.41) is 6.50. The molecular weight excluding hydrogens is 324 g/mol. The Kier molecular flexibility index (Phi) is 19.3. The molecule has 0 aromatic carbocycles. The predicted molar refractivity (Wildman–Crippen MR) is 48.8 cm³/mol. The summed E-state index contributed by atoms with van der Waals surface area (Å²) < 4.78 is 123. The van der Waals surface area contributed by atoms with Crippen molar-refractivity contribution in [1.82, 2.24) is 0 Å². The molecule has 20 heavy (non-hydrogen) atoms. The van der Waals surface area contributed by atoms with E-state index in [9.17, 15) is 52.1 Å². The maximum absolute atomic E-state index is 11.5. The lowest BCUT2D eigenvalue weighted by molar-refractivity contribution is 0.114. The van der Waals surface area contributed by atoms with Gasteiger partial charge in [-0.2, -0.15) is 0 Å². The number of hydrogen-bond acceptors (Lipinski definition) is 1. The number of hydrogen-bond donors (Lipinski definition) is 0. The second kappa shape index (κ2) is 14.2. The molecule has 0 rings (SSSR count). The Morgan fingerprint density at radius 2 is 0.750 bits per heavy atom. The second-order valence-electron chi connectivity index (χ2n) is 2.33. The van der Waals surface area contributed by atoms with Gasteiger partial charge in [-0.1, -0.05) is 0 Å². The van der Waals surface area contributed by atoms with Crippen LogP contribution in [0, 0.1) is 11.8 Å². The summed E-state index contributed by atoms with van der Waals surface area (Å²) in [6.45, 7) is 0.593. The minimum absolute atomic E-state index is 1.45. The highest BCUT2D eigenvalue weighted by atomic mass is 19.5. The fraction of sp³-hybridized carbons (Fsp3) is 0.800. The van der Waals surface area contributed by atoms with Gasteiger partial charge in [0.25, 0.3) is 0 Å². The van der Waals surface area contributed by atoms with E-state index in [2.05, 4.69) is 6.57 Å². The summed E-state index contributed by atoms with van der Waals surface area (Å²) >= 11 is 0. The molecule has 0 radical (unpaired) electrons. The van der Waals surface area contributed by atoms with E-state index in [-0.39, 0.29) is 0 Å². The summed E-state index contributed by atoms with van der Waals surface area (Å²) in [6.07, 6.45) is -4.58. The van der Waals surface area contributed by atoms with Gasteiger partial charge in [-0.3, -0.25) is 0 Å². The average molecular weight is 331 g/mol. The molecule has 0 spiro atoms. The standard InChI is InChI=1S/C4H6F4.CHN.2BF4/c5-1-3(7)4(8)2-6;1-2;2*2-1(3,4)5/h3-4H,1-2H2;1H;;/q;;2*-1. The molecule has 0 aromatic heterocycles. The highest BCUT2D eigenvalue weighted by Gasteiger charge is 2.21. The lowest BCUT2D eigenvalue weighted by Crippen LogP contribution is -2.20. The number of alkyl halides is 4. The van der Waals surface area contributed by atoms with Crippen LogP contribution < -0.4 is 0 Å². The maximum atomic E-state index is 11.5. The van der Waals surface area contributed by atoms with E-state index in [1.165, 1.54) is 0 Å². The fourth-order valence-corrected chi connectivity index (χ4v) is 0.193. The van der Waals surface area contributed by atoms with Crippen LogP contribution in [-0.4, -0.2) is 40.2 Å². The van der Waals surface area contributed by atoms with Crippen LogP contribution in [0.2, 0.25) is 0 Å². The number of nitriles is 1. The maximum Gasteiger partial charge on any atom is 0.673 e. The molecule has 0 aliphatic rings. The first kappa shape index (κ1) is 27.2. The van der Waals surface area contributed by atoms with Crippen LogP contribution in [0.1, 0.15) is 0 Å². The molecule has 0 fully saturated rings. The van der Waals surface area contributed by atoms with Gasteiger partial charge >= 0.3 is 14.5 Å². The molecule has 0 amide bonds. The Hall–Kier alpha value is -1.22. The van der Waals surface area contributed by atoms with Crippen LogP contribution in [0.25, 0.3) is 0 Å². The van der Waals surface area contributed by atoms with Gasteiger partial charge in [0.05, 0.1) is 0 Å². The monoisotopic (exact) mass is 331 g/mol.